The van der Waals surface area contributed by atoms with Gasteiger partial charge in [0.15, 0.2) is 17.4 Å². The molecule has 1 aliphatic heterocycles. The number of benzene rings is 1. The Balaban J connectivity index is 1.44. The van der Waals surface area contributed by atoms with Crippen LogP contribution in [-0.4, -0.2) is 46.1 Å². The van der Waals surface area contributed by atoms with Crippen molar-refractivity contribution in [3.05, 3.63) is 59.7 Å². The fourth-order valence-electron chi connectivity index (χ4n) is 3.96. The molecule has 8 nitrogen and oxygen atoms in total. The second kappa shape index (κ2) is 9.37. The van der Waals surface area contributed by atoms with Crippen LogP contribution in [-0.2, 0) is 0 Å². The number of halogens is 4. The summed E-state index contributed by atoms with van der Waals surface area (Å²) in [5.74, 6) is -2.84. The first-order chi connectivity index (χ1) is 16.9. The summed E-state index contributed by atoms with van der Waals surface area (Å²) in [6.07, 6.45) is -0.438. The van der Waals surface area contributed by atoms with Crippen LogP contribution in [0.5, 0.6) is 11.6 Å². The number of pyridine rings is 1. The van der Waals surface area contributed by atoms with Crippen molar-refractivity contribution < 1.29 is 22.3 Å². The van der Waals surface area contributed by atoms with E-state index in [1.165, 1.54) is 6.07 Å². The molecule has 0 aliphatic carbocycles. The lowest BCUT2D eigenvalue weighted by Gasteiger charge is -2.29. The fourth-order valence-corrected chi connectivity index (χ4v) is 3.96. The van der Waals surface area contributed by atoms with Gasteiger partial charge in [-0.05, 0) is 25.1 Å². The van der Waals surface area contributed by atoms with Crippen molar-refractivity contribution in [3.8, 4) is 11.6 Å². The van der Waals surface area contributed by atoms with Gasteiger partial charge in [-0.25, -0.2) is 32.5 Å². The molecule has 35 heavy (non-hydrogen) atoms. The first-order valence-electron chi connectivity index (χ1n) is 10.9. The number of piperazine rings is 1. The molecule has 4 heterocycles. The van der Waals surface area contributed by atoms with Gasteiger partial charge in [0.05, 0.1) is 17.4 Å². The van der Waals surface area contributed by atoms with E-state index >= 15 is 0 Å². The average molecular weight is 487 g/mol. The topological polar surface area (TPSA) is 91.0 Å². The van der Waals surface area contributed by atoms with Crippen molar-refractivity contribution in [2.75, 3.05) is 36.4 Å². The number of ether oxygens (including phenoxy) is 1. The molecule has 0 unspecified atom stereocenters. The van der Waals surface area contributed by atoms with Crippen molar-refractivity contribution in [1.82, 2.24) is 25.3 Å². The minimum absolute atomic E-state index is 0.0400. The minimum atomic E-state index is -3.07. The van der Waals surface area contributed by atoms with E-state index in [0.29, 0.717) is 5.69 Å². The van der Waals surface area contributed by atoms with E-state index in [2.05, 4.69) is 35.5 Å². The Morgan fingerprint density at radius 1 is 1.09 bits per heavy atom. The van der Waals surface area contributed by atoms with E-state index in [4.69, 9.17) is 4.74 Å². The normalized spacial score (nSPS) is 14.1. The molecule has 3 aromatic heterocycles. The summed E-state index contributed by atoms with van der Waals surface area (Å²) in [4.78, 5) is 16.8. The van der Waals surface area contributed by atoms with Gasteiger partial charge in [-0.1, -0.05) is 0 Å². The van der Waals surface area contributed by atoms with Crippen LogP contribution in [0.15, 0.2) is 36.8 Å². The molecule has 1 aromatic carbocycles. The standard InChI is InChI=1S/C23H21F4N7O/c1-12-8-14-19(25)16(9-15(24)20(14)32-12)35-23-18(21(26)27)22(30-11-31-23)33-17-3-2-13(10-29-17)34-6-4-28-5-7-34/h2-3,8-11,21,28,32H,4-7H2,1H3,(H,29,30,31,33). The van der Waals surface area contributed by atoms with Crippen LogP contribution in [0.3, 0.4) is 0 Å². The Hall–Kier alpha value is -3.93. The van der Waals surface area contributed by atoms with E-state index < -0.39 is 35.3 Å². The number of nitrogens with one attached hydrogen (secondary N) is 3. The number of anilines is 3. The highest BCUT2D eigenvalue weighted by molar-refractivity contribution is 5.83. The summed E-state index contributed by atoms with van der Waals surface area (Å²) in [6.45, 7) is 5.04. The number of H-pyrrole nitrogens is 1. The predicted octanol–water partition coefficient (Wildman–Crippen LogP) is 4.82. The molecular weight excluding hydrogens is 466 g/mol. The zero-order chi connectivity index (χ0) is 24.5. The summed E-state index contributed by atoms with van der Waals surface area (Å²) in [5, 5.41) is 5.95. The lowest BCUT2D eigenvalue weighted by Crippen LogP contribution is -2.43. The number of hydrogen-bond acceptors (Lipinski definition) is 7. The smallest absolute Gasteiger partial charge is 0.272 e. The Morgan fingerprint density at radius 2 is 1.89 bits per heavy atom. The maximum absolute atomic E-state index is 14.9. The second-order valence-corrected chi connectivity index (χ2v) is 8.02. The van der Waals surface area contributed by atoms with Crippen LogP contribution in [0.4, 0.5) is 34.9 Å². The fraction of sp³-hybridized carbons (Fsp3) is 0.261. The van der Waals surface area contributed by atoms with Crippen LogP contribution < -0.4 is 20.3 Å². The molecule has 1 saturated heterocycles. The summed E-state index contributed by atoms with van der Waals surface area (Å²) in [6, 6.07) is 5.66. The number of alkyl halides is 2. The molecule has 0 atom stereocenters. The number of fused-ring (bicyclic) bond motifs is 1. The van der Waals surface area contributed by atoms with Gasteiger partial charge in [-0.2, -0.15) is 0 Å². The van der Waals surface area contributed by atoms with Crippen LogP contribution in [0.2, 0.25) is 0 Å². The van der Waals surface area contributed by atoms with Crippen molar-refractivity contribution in [2.45, 2.75) is 13.3 Å². The van der Waals surface area contributed by atoms with Crippen molar-refractivity contribution in [1.29, 1.82) is 0 Å². The zero-order valence-corrected chi connectivity index (χ0v) is 18.6. The Morgan fingerprint density at radius 3 is 2.60 bits per heavy atom. The van der Waals surface area contributed by atoms with Gasteiger partial charge in [-0.15, -0.1) is 0 Å². The van der Waals surface area contributed by atoms with Crippen molar-refractivity contribution in [3.63, 3.8) is 0 Å². The molecule has 0 amide bonds. The van der Waals surface area contributed by atoms with E-state index in [0.717, 1.165) is 44.3 Å². The SMILES string of the molecule is Cc1cc2c(F)c(Oc3ncnc(Nc4ccc(N5CCNCC5)cn4)c3C(F)F)cc(F)c2[nH]1. The third-order valence-electron chi connectivity index (χ3n) is 5.65. The largest absolute Gasteiger partial charge is 0.435 e. The Labute approximate surface area is 197 Å². The molecule has 0 saturated carbocycles. The third kappa shape index (κ3) is 4.56. The summed E-state index contributed by atoms with van der Waals surface area (Å²) in [5.41, 5.74) is 0.699. The number of rotatable bonds is 6. The van der Waals surface area contributed by atoms with Gasteiger partial charge in [0.1, 0.15) is 23.5 Å². The molecular formula is C23H21F4N7O. The number of aromatic amines is 1. The lowest BCUT2D eigenvalue weighted by atomic mass is 10.2. The summed E-state index contributed by atoms with van der Waals surface area (Å²) < 4.78 is 62.8. The molecule has 0 bridgehead atoms. The monoisotopic (exact) mass is 487 g/mol. The molecule has 182 valence electrons. The number of nitrogens with zero attached hydrogens (tertiary/aromatic N) is 4. The highest BCUT2D eigenvalue weighted by atomic mass is 19.3. The molecule has 0 radical (unpaired) electrons. The lowest BCUT2D eigenvalue weighted by molar-refractivity contribution is 0.147. The van der Waals surface area contributed by atoms with E-state index in [1.54, 1.807) is 19.2 Å². The quantitative estimate of drug-likeness (QED) is 0.336. The van der Waals surface area contributed by atoms with Gasteiger partial charge in [0, 0.05) is 43.3 Å². The molecule has 1 aliphatic rings. The van der Waals surface area contributed by atoms with Gasteiger partial charge in [0.2, 0.25) is 5.88 Å². The van der Waals surface area contributed by atoms with E-state index in [-0.39, 0.29) is 22.5 Å². The van der Waals surface area contributed by atoms with Crippen LogP contribution in [0.1, 0.15) is 17.7 Å². The highest BCUT2D eigenvalue weighted by Crippen LogP contribution is 2.38. The first-order valence-corrected chi connectivity index (χ1v) is 10.9. The third-order valence-corrected chi connectivity index (χ3v) is 5.65. The van der Waals surface area contributed by atoms with Crippen LogP contribution in [0.25, 0.3) is 10.9 Å². The zero-order valence-electron chi connectivity index (χ0n) is 18.6. The molecule has 12 heteroatoms. The summed E-state index contributed by atoms with van der Waals surface area (Å²) >= 11 is 0. The second-order valence-electron chi connectivity index (χ2n) is 8.02. The number of aromatic nitrogens is 4. The minimum Gasteiger partial charge on any atom is -0.435 e. The van der Waals surface area contributed by atoms with Gasteiger partial charge in [-0.3, -0.25) is 0 Å². The summed E-state index contributed by atoms with van der Waals surface area (Å²) in [7, 11) is 0. The maximum Gasteiger partial charge on any atom is 0.272 e. The van der Waals surface area contributed by atoms with E-state index in [9.17, 15) is 17.6 Å². The number of hydrogen-bond donors (Lipinski definition) is 3. The van der Waals surface area contributed by atoms with Gasteiger partial charge >= 0.3 is 0 Å². The average Bonchev–Trinajstić information content (AvgIpc) is 3.26. The number of aryl methyl sites for hydroxylation is 1. The predicted molar refractivity (Wildman–Crippen MR) is 123 cm³/mol. The van der Waals surface area contributed by atoms with Crippen molar-refractivity contribution in [2.24, 2.45) is 0 Å². The van der Waals surface area contributed by atoms with Crippen molar-refractivity contribution >= 4 is 28.2 Å². The molecule has 5 rings (SSSR count). The Bertz CT molecular complexity index is 1350. The van der Waals surface area contributed by atoms with Gasteiger partial charge < -0.3 is 25.3 Å². The molecule has 3 N–H and O–H groups in total. The first kappa shape index (κ1) is 22.8. The highest BCUT2D eigenvalue weighted by Gasteiger charge is 2.25. The molecule has 0 spiro atoms. The van der Waals surface area contributed by atoms with E-state index in [1.807, 2.05) is 6.07 Å². The van der Waals surface area contributed by atoms with Gasteiger partial charge in [0.25, 0.3) is 6.43 Å². The molecule has 4 aromatic rings. The van der Waals surface area contributed by atoms with Crippen LogP contribution >= 0.6 is 0 Å². The maximum atomic E-state index is 14.9. The Kier molecular flexibility index (Phi) is 6.12. The van der Waals surface area contributed by atoms with Crippen LogP contribution in [0, 0.1) is 18.6 Å². The molecule has 1 fully saturated rings.